The van der Waals surface area contributed by atoms with Crippen LogP contribution in [0.15, 0.2) is 21.5 Å². The summed E-state index contributed by atoms with van der Waals surface area (Å²) in [5.74, 6) is 0. The maximum atomic E-state index is 12.2. The molecule has 0 bridgehead atoms. The molecule has 0 heterocycles. The van der Waals surface area contributed by atoms with Gasteiger partial charge in [0.15, 0.2) is 0 Å². The summed E-state index contributed by atoms with van der Waals surface area (Å²) < 4.78 is 27.6. The van der Waals surface area contributed by atoms with Crippen LogP contribution in [0.2, 0.25) is 10.0 Å². The van der Waals surface area contributed by atoms with Gasteiger partial charge in [0.25, 0.3) is 0 Å². The third kappa shape index (κ3) is 6.22. The zero-order valence-electron chi connectivity index (χ0n) is 11.7. The van der Waals surface area contributed by atoms with Crippen molar-refractivity contribution in [2.45, 2.75) is 18.7 Å². The lowest BCUT2D eigenvalue weighted by Crippen LogP contribution is -2.35. The van der Waals surface area contributed by atoms with Crippen LogP contribution in [-0.4, -0.2) is 39.5 Å². The van der Waals surface area contributed by atoms with Crippen LogP contribution >= 0.6 is 51.5 Å². The zero-order chi connectivity index (χ0) is 15.3. The highest BCUT2D eigenvalue weighted by Crippen LogP contribution is 2.32. The fraction of sp³-hybridized carbons (Fsp3) is 0.500. The highest BCUT2D eigenvalue weighted by Gasteiger charge is 2.22. The van der Waals surface area contributed by atoms with Crippen LogP contribution < -0.4 is 4.72 Å². The summed E-state index contributed by atoms with van der Waals surface area (Å²) in [6.45, 7) is 6.75. The Morgan fingerprint density at radius 1 is 1.19 bits per heavy atom. The lowest BCUT2D eigenvalue weighted by atomic mass is 10.4. The van der Waals surface area contributed by atoms with Gasteiger partial charge in [0.2, 0.25) is 10.0 Å². The monoisotopic (exact) mass is 438 g/mol. The number of likely N-dealkylation sites (N-methyl/N-ethyl adjacent to an activating group) is 1. The number of sulfonamides is 1. The normalized spacial score (nSPS) is 11.5. The summed E-state index contributed by atoms with van der Waals surface area (Å²) in [6.07, 6.45) is 0. The molecule has 0 spiro atoms. The van der Waals surface area contributed by atoms with Crippen molar-refractivity contribution in [1.82, 2.24) is 9.62 Å². The van der Waals surface area contributed by atoms with Gasteiger partial charge >= 0.3 is 0 Å². The molecule has 1 aromatic carbocycles. The topological polar surface area (TPSA) is 49.4 Å². The Labute approximate surface area is 150 Å². The van der Waals surface area contributed by atoms with Gasteiger partial charge in [-0.1, -0.05) is 53.0 Å². The second kappa shape index (κ2) is 9.55. The molecular formula is C12H18BrCl3N2O2S. The Kier molecular flexibility index (Phi) is 9.75. The maximum absolute atomic E-state index is 12.2. The predicted molar refractivity (Wildman–Crippen MR) is 94.4 cm³/mol. The molecule has 21 heavy (non-hydrogen) atoms. The summed E-state index contributed by atoms with van der Waals surface area (Å²) in [7, 11) is -3.71. The second-order valence-corrected chi connectivity index (χ2v) is 7.56. The van der Waals surface area contributed by atoms with E-state index >= 15 is 0 Å². The van der Waals surface area contributed by atoms with Crippen LogP contribution in [0.4, 0.5) is 0 Å². The van der Waals surface area contributed by atoms with Crippen LogP contribution in [0.1, 0.15) is 13.8 Å². The van der Waals surface area contributed by atoms with Gasteiger partial charge in [0.05, 0.1) is 10.0 Å². The molecule has 0 fully saturated rings. The predicted octanol–water partition coefficient (Wildman–Crippen LogP) is 3.80. The molecule has 0 aliphatic heterocycles. The van der Waals surface area contributed by atoms with Crippen molar-refractivity contribution in [2.75, 3.05) is 26.2 Å². The molecule has 0 saturated heterocycles. The molecular weight excluding hydrogens is 422 g/mol. The van der Waals surface area contributed by atoms with E-state index < -0.39 is 10.0 Å². The lowest BCUT2D eigenvalue weighted by Gasteiger charge is -2.18. The van der Waals surface area contributed by atoms with Gasteiger partial charge < -0.3 is 4.90 Å². The van der Waals surface area contributed by atoms with E-state index in [0.29, 0.717) is 17.6 Å². The molecule has 0 atom stereocenters. The van der Waals surface area contributed by atoms with Crippen molar-refractivity contribution < 1.29 is 8.42 Å². The molecule has 1 N–H and O–H groups in total. The molecule has 0 aromatic heterocycles. The Hall–Kier alpha value is 0.440. The minimum atomic E-state index is -3.71. The van der Waals surface area contributed by atoms with Crippen LogP contribution in [-0.2, 0) is 10.0 Å². The number of benzene rings is 1. The molecule has 0 unspecified atom stereocenters. The first-order chi connectivity index (χ1) is 9.31. The van der Waals surface area contributed by atoms with E-state index in [9.17, 15) is 8.42 Å². The minimum Gasteiger partial charge on any atom is -0.303 e. The Bertz CT molecular complexity index is 543. The summed E-state index contributed by atoms with van der Waals surface area (Å²) in [6, 6.07) is 3.01. The minimum absolute atomic E-state index is 0. The molecule has 1 aromatic rings. The third-order valence-corrected chi connectivity index (χ3v) is 5.69. The highest BCUT2D eigenvalue weighted by atomic mass is 79.9. The molecule has 4 nitrogen and oxygen atoms in total. The number of nitrogens with one attached hydrogen (secondary N) is 1. The average Bonchev–Trinajstić information content (AvgIpc) is 2.32. The smallest absolute Gasteiger partial charge is 0.243 e. The van der Waals surface area contributed by atoms with Gasteiger partial charge in [-0.2, -0.15) is 0 Å². The van der Waals surface area contributed by atoms with Gasteiger partial charge in [0, 0.05) is 17.6 Å². The summed E-state index contributed by atoms with van der Waals surface area (Å²) >= 11 is 15.2. The van der Waals surface area contributed by atoms with E-state index in [0.717, 1.165) is 13.1 Å². The van der Waals surface area contributed by atoms with Crippen LogP contribution in [0.5, 0.6) is 0 Å². The summed E-state index contributed by atoms with van der Waals surface area (Å²) in [5, 5.41) is 0.194. The lowest BCUT2D eigenvalue weighted by molar-refractivity contribution is 0.309. The Morgan fingerprint density at radius 3 is 2.10 bits per heavy atom. The fourth-order valence-corrected chi connectivity index (χ4v) is 4.69. The van der Waals surface area contributed by atoms with Crippen LogP contribution in [0.25, 0.3) is 0 Å². The Balaban J connectivity index is 0.00000400. The van der Waals surface area contributed by atoms with Crippen molar-refractivity contribution in [1.29, 1.82) is 0 Å². The third-order valence-electron chi connectivity index (χ3n) is 2.85. The zero-order valence-corrected chi connectivity index (χ0v) is 16.4. The van der Waals surface area contributed by atoms with Crippen molar-refractivity contribution in [3.63, 3.8) is 0 Å². The van der Waals surface area contributed by atoms with Crippen LogP contribution in [0, 0.1) is 0 Å². The molecule has 0 aliphatic carbocycles. The highest BCUT2D eigenvalue weighted by molar-refractivity contribution is 9.10. The number of rotatable bonds is 7. The number of hydrogen-bond donors (Lipinski definition) is 1. The molecule has 0 aliphatic rings. The first-order valence-electron chi connectivity index (χ1n) is 6.18. The maximum Gasteiger partial charge on any atom is 0.243 e. The van der Waals surface area contributed by atoms with Crippen molar-refractivity contribution in [2.24, 2.45) is 0 Å². The summed E-state index contributed by atoms with van der Waals surface area (Å²) in [5.41, 5.74) is 0. The second-order valence-electron chi connectivity index (χ2n) is 4.12. The van der Waals surface area contributed by atoms with E-state index in [1.807, 2.05) is 13.8 Å². The van der Waals surface area contributed by atoms with E-state index in [1.54, 1.807) is 0 Å². The van der Waals surface area contributed by atoms with E-state index in [2.05, 4.69) is 25.6 Å². The van der Waals surface area contributed by atoms with Crippen molar-refractivity contribution >= 4 is 61.6 Å². The molecule has 1 rings (SSSR count). The molecule has 0 saturated carbocycles. The SMILES string of the molecule is CCN(CC)CCNS(=O)(=O)c1c(Cl)cc(Br)cc1Cl.Cl. The number of nitrogens with zero attached hydrogens (tertiary/aromatic N) is 1. The average molecular weight is 441 g/mol. The van der Waals surface area contributed by atoms with Gasteiger partial charge in [-0.25, -0.2) is 13.1 Å². The van der Waals surface area contributed by atoms with Gasteiger partial charge in [-0.3, -0.25) is 0 Å². The van der Waals surface area contributed by atoms with Gasteiger partial charge in [-0.05, 0) is 25.2 Å². The van der Waals surface area contributed by atoms with Gasteiger partial charge in [-0.15, -0.1) is 12.4 Å². The molecule has 0 amide bonds. The number of hydrogen-bond acceptors (Lipinski definition) is 3. The van der Waals surface area contributed by atoms with Crippen molar-refractivity contribution in [3.8, 4) is 0 Å². The summed E-state index contributed by atoms with van der Waals surface area (Å²) in [4.78, 5) is 2.04. The van der Waals surface area contributed by atoms with E-state index in [4.69, 9.17) is 23.2 Å². The molecule has 0 radical (unpaired) electrons. The van der Waals surface area contributed by atoms with Gasteiger partial charge in [0.1, 0.15) is 4.90 Å². The number of halogens is 4. The standard InChI is InChI=1S/C12H17BrCl2N2O2S.ClH/c1-3-17(4-2)6-5-16-20(18,19)12-10(14)7-9(13)8-11(12)15;/h7-8,16H,3-6H2,1-2H3;1H. The Morgan fingerprint density at radius 2 is 1.67 bits per heavy atom. The molecule has 122 valence electrons. The quantitative estimate of drug-likeness (QED) is 0.702. The molecule has 9 heteroatoms. The van der Waals surface area contributed by atoms with Crippen LogP contribution in [0.3, 0.4) is 0 Å². The first-order valence-corrected chi connectivity index (χ1v) is 9.21. The van der Waals surface area contributed by atoms with Crippen molar-refractivity contribution in [3.05, 3.63) is 26.7 Å². The largest absolute Gasteiger partial charge is 0.303 e. The van der Waals surface area contributed by atoms with E-state index in [1.165, 1.54) is 12.1 Å². The van der Waals surface area contributed by atoms with E-state index in [-0.39, 0.29) is 27.3 Å². The fourth-order valence-electron chi connectivity index (χ4n) is 1.74. The first kappa shape index (κ1) is 21.4.